The fourth-order valence-corrected chi connectivity index (χ4v) is 1.54. The molecule has 98 valence electrons. The van der Waals surface area contributed by atoms with Crippen LogP contribution in [0.3, 0.4) is 0 Å². The first-order valence-electron chi connectivity index (χ1n) is 5.33. The molecule has 18 heavy (non-hydrogen) atoms. The van der Waals surface area contributed by atoms with Crippen molar-refractivity contribution in [1.29, 1.82) is 0 Å². The molecule has 0 aliphatic carbocycles. The standard InChI is InChI=1S/C12H13BrFNO3/c1-8(16)15-5-4-12(17)18-7-9-2-3-10(13)6-11(9)14/h2-3,6H,4-5,7H2,1H3,(H,15,16). The van der Waals surface area contributed by atoms with Crippen LogP contribution in [-0.4, -0.2) is 18.4 Å². The number of benzene rings is 1. The fraction of sp³-hybridized carbons (Fsp3) is 0.333. The molecule has 0 spiro atoms. The Hall–Kier alpha value is -1.43. The summed E-state index contributed by atoms with van der Waals surface area (Å²) in [5, 5.41) is 2.47. The predicted octanol–water partition coefficient (Wildman–Crippen LogP) is 2.16. The average molecular weight is 318 g/mol. The van der Waals surface area contributed by atoms with E-state index in [1.54, 1.807) is 12.1 Å². The molecule has 1 aromatic rings. The number of nitrogens with one attached hydrogen (secondary N) is 1. The topological polar surface area (TPSA) is 55.4 Å². The third kappa shape index (κ3) is 5.27. The van der Waals surface area contributed by atoms with Gasteiger partial charge in [-0.2, -0.15) is 0 Å². The van der Waals surface area contributed by atoms with E-state index in [0.29, 0.717) is 10.0 Å². The lowest BCUT2D eigenvalue weighted by Crippen LogP contribution is -2.23. The van der Waals surface area contributed by atoms with E-state index in [2.05, 4.69) is 21.2 Å². The van der Waals surface area contributed by atoms with Gasteiger partial charge in [0.1, 0.15) is 12.4 Å². The van der Waals surface area contributed by atoms with Gasteiger partial charge in [0, 0.05) is 23.5 Å². The van der Waals surface area contributed by atoms with Crippen LogP contribution in [0.15, 0.2) is 22.7 Å². The van der Waals surface area contributed by atoms with Crippen LogP contribution < -0.4 is 5.32 Å². The number of ether oxygens (including phenoxy) is 1. The Kier molecular flexibility index (Phi) is 5.77. The number of rotatable bonds is 5. The lowest BCUT2D eigenvalue weighted by Gasteiger charge is -2.06. The predicted molar refractivity (Wildman–Crippen MR) is 67.2 cm³/mol. The van der Waals surface area contributed by atoms with Crippen LogP contribution in [0.5, 0.6) is 0 Å². The van der Waals surface area contributed by atoms with Crippen molar-refractivity contribution >= 4 is 27.8 Å². The number of esters is 1. The largest absolute Gasteiger partial charge is 0.461 e. The van der Waals surface area contributed by atoms with E-state index < -0.39 is 11.8 Å². The van der Waals surface area contributed by atoms with E-state index >= 15 is 0 Å². The van der Waals surface area contributed by atoms with Crippen LogP contribution in [0.2, 0.25) is 0 Å². The van der Waals surface area contributed by atoms with Crippen LogP contribution in [-0.2, 0) is 20.9 Å². The zero-order valence-electron chi connectivity index (χ0n) is 9.83. The number of hydrogen-bond donors (Lipinski definition) is 1. The van der Waals surface area contributed by atoms with Crippen LogP contribution in [0.4, 0.5) is 4.39 Å². The van der Waals surface area contributed by atoms with E-state index in [0.717, 1.165) is 0 Å². The van der Waals surface area contributed by atoms with Crippen molar-refractivity contribution in [3.8, 4) is 0 Å². The third-order valence-electron chi connectivity index (χ3n) is 2.11. The minimum absolute atomic E-state index is 0.0672. The molecule has 0 heterocycles. The smallest absolute Gasteiger partial charge is 0.307 e. The van der Waals surface area contributed by atoms with E-state index in [1.807, 2.05) is 0 Å². The average Bonchev–Trinajstić information content (AvgIpc) is 2.27. The molecule has 1 amide bonds. The Morgan fingerprint density at radius 3 is 2.78 bits per heavy atom. The molecule has 1 N–H and O–H groups in total. The Morgan fingerprint density at radius 1 is 1.44 bits per heavy atom. The van der Waals surface area contributed by atoms with Gasteiger partial charge >= 0.3 is 5.97 Å². The summed E-state index contributed by atoms with van der Waals surface area (Å²) in [7, 11) is 0. The second-order valence-electron chi connectivity index (χ2n) is 3.63. The third-order valence-corrected chi connectivity index (χ3v) is 2.60. The van der Waals surface area contributed by atoms with Gasteiger partial charge in [0.2, 0.25) is 5.91 Å². The van der Waals surface area contributed by atoms with Crippen molar-refractivity contribution < 1.29 is 18.7 Å². The lowest BCUT2D eigenvalue weighted by atomic mass is 10.2. The van der Waals surface area contributed by atoms with Crippen molar-refractivity contribution in [3.63, 3.8) is 0 Å². The molecular weight excluding hydrogens is 305 g/mol. The summed E-state index contributed by atoms with van der Waals surface area (Å²) < 4.78 is 18.9. The first kappa shape index (κ1) is 14.6. The summed E-state index contributed by atoms with van der Waals surface area (Å²) in [4.78, 5) is 21.8. The summed E-state index contributed by atoms with van der Waals surface area (Å²) in [6.07, 6.45) is 0.0672. The summed E-state index contributed by atoms with van der Waals surface area (Å²) >= 11 is 3.14. The van der Waals surface area contributed by atoms with Crippen LogP contribution in [0, 0.1) is 5.82 Å². The zero-order chi connectivity index (χ0) is 13.5. The Balaban J connectivity index is 2.36. The van der Waals surface area contributed by atoms with Gasteiger partial charge in [0.15, 0.2) is 0 Å². The number of amides is 1. The van der Waals surface area contributed by atoms with Gasteiger partial charge < -0.3 is 10.1 Å². The molecule has 4 nitrogen and oxygen atoms in total. The van der Waals surface area contributed by atoms with Crippen molar-refractivity contribution in [2.45, 2.75) is 20.0 Å². The van der Waals surface area contributed by atoms with Gasteiger partial charge in [-0.05, 0) is 12.1 Å². The second-order valence-corrected chi connectivity index (χ2v) is 4.55. The molecule has 0 aliphatic rings. The van der Waals surface area contributed by atoms with E-state index in [4.69, 9.17) is 4.74 Å². The molecule has 0 aliphatic heterocycles. The van der Waals surface area contributed by atoms with Crippen LogP contribution in [0.1, 0.15) is 18.9 Å². The highest BCUT2D eigenvalue weighted by Gasteiger charge is 2.07. The summed E-state index contributed by atoms with van der Waals surface area (Å²) in [6, 6.07) is 4.52. The zero-order valence-corrected chi connectivity index (χ0v) is 11.4. The van der Waals surface area contributed by atoms with Crippen molar-refractivity contribution in [2.75, 3.05) is 6.54 Å². The van der Waals surface area contributed by atoms with Crippen LogP contribution in [0.25, 0.3) is 0 Å². The Morgan fingerprint density at radius 2 is 2.17 bits per heavy atom. The molecule has 0 saturated heterocycles. The minimum atomic E-state index is -0.480. The minimum Gasteiger partial charge on any atom is -0.461 e. The normalized spacial score (nSPS) is 9.94. The first-order valence-corrected chi connectivity index (χ1v) is 6.12. The van der Waals surface area contributed by atoms with Crippen molar-refractivity contribution in [3.05, 3.63) is 34.1 Å². The van der Waals surface area contributed by atoms with Gasteiger partial charge in [0.25, 0.3) is 0 Å². The Labute approximate surface area is 113 Å². The molecule has 0 radical (unpaired) electrons. The Bertz CT molecular complexity index is 451. The SMILES string of the molecule is CC(=O)NCCC(=O)OCc1ccc(Br)cc1F. The lowest BCUT2D eigenvalue weighted by molar-refractivity contribution is -0.144. The molecule has 6 heteroatoms. The molecule has 0 bridgehead atoms. The van der Waals surface area contributed by atoms with Gasteiger partial charge in [-0.3, -0.25) is 9.59 Å². The second kappa shape index (κ2) is 7.10. The molecule has 0 aromatic heterocycles. The van der Waals surface area contributed by atoms with Gasteiger partial charge in [-0.1, -0.05) is 22.0 Å². The molecule has 0 atom stereocenters. The molecular formula is C12H13BrFNO3. The number of carbonyl (C=O) groups is 2. The van der Waals surface area contributed by atoms with Crippen molar-refractivity contribution in [1.82, 2.24) is 5.32 Å². The number of hydrogen-bond acceptors (Lipinski definition) is 3. The number of halogens is 2. The molecule has 1 rings (SSSR count). The van der Waals surface area contributed by atoms with E-state index in [1.165, 1.54) is 13.0 Å². The molecule has 0 unspecified atom stereocenters. The van der Waals surface area contributed by atoms with Crippen LogP contribution >= 0.6 is 15.9 Å². The van der Waals surface area contributed by atoms with E-state index in [-0.39, 0.29) is 25.5 Å². The maximum absolute atomic E-state index is 13.4. The number of carbonyl (C=O) groups excluding carboxylic acids is 2. The summed E-state index contributed by atoms with van der Waals surface area (Å²) in [6.45, 7) is 1.47. The fourth-order valence-electron chi connectivity index (χ4n) is 1.21. The van der Waals surface area contributed by atoms with Gasteiger partial charge in [-0.25, -0.2) is 4.39 Å². The highest BCUT2D eigenvalue weighted by atomic mass is 79.9. The highest BCUT2D eigenvalue weighted by molar-refractivity contribution is 9.10. The van der Waals surface area contributed by atoms with E-state index in [9.17, 15) is 14.0 Å². The quantitative estimate of drug-likeness (QED) is 0.847. The van der Waals surface area contributed by atoms with Crippen molar-refractivity contribution in [2.24, 2.45) is 0 Å². The van der Waals surface area contributed by atoms with Gasteiger partial charge in [0.05, 0.1) is 6.42 Å². The summed E-state index contributed by atoms with van der Waals surface area (Å²) in [5.41, 5.74) is 0.311. The highest BCUT2D eigenvalue weighted by Crippen LogP contribution is 2.16. The summed E-state index contributed by atoms with van der Waals surface area (Å²) in [5.74, 6) is -1.12. The first-order chi connectivity index (χ1) is 8.49. The van der Waals surface area contributed by atoms with Gasteiger partial charge in [-0.15, -0.1) is 0 Å². The molecule has 1 aromatic carbocycles. The molecule has 0 saturated carbocycles. The maximum atomic E-state index is 13.4. The molecule has 0 fully saturated rings. The maximum Gasteiger partial charge on any atom is 0.307 e. The monoisotopic (exact) mass is 317 g/mol.